The molecule has 1 aliphatic carbocycles. The Bertz CT molecular complexity index is 351. The minimum atomic E-state index is -0.290. The van der Waals surface area contributed by atoms with Gasteiger partial charge in [0.05, 0.1) is 6.10 Å². The summed E-state index contributed by atoms with van der Waals surface area (Å²) in [6, 6.07) is 6.44. The van der Waals surface area contributed by atoms with Crippen LogP contribution in [0.3, 0.4) is 0 Å². The minimum Gasteiger partial charge on any atom is -0.392 e. The van der Waals surface area contributed by atoms with Crippen molar-refractivity contribution in [3.05, 3.63) is 34.3 Å². The highest BCUT2D eigenvalue weighted by molar-refractivity contribution is 6.30. The van der Waals surface area contributed by atoms with Gasteiger partial charge in [0, 0.05) is 17.6 Å². The van der Waals surface area contributed by atoms with Crippen LogP contribution in [0.4, 0.5) is 0 Å². The molecule has 1 aromatic carbocycles. The molecule has 2 N–H and O–H groups in total. The Morgan fingerprint density at radius 2 is 2.40 bits per heavy atom. The van der Waals surface area contributed by atoms with Crippen LogP contribution in [-0.2, 0) is 6.42 Å². The number of hydrogen-bond donors (Lipinski definition) is 2. The molecule has 1 aliphatic rings. The van der Waals surface area contributed by atoms with Crippen LogP contribution in [0.15, 0.2) is 18.2 Å². The molecule has 0 aromatic heterocycles. The van der Waals surface area contributed by atoms with Crippen LogP contribution in [0.25, 0.3) is 0 Å². The first-order chi connectivity index (χ1) is 7.16. The summed E-state index contributed by atoms with van der Waals surface area (Å²) in [5, 5.41) is 13.4. The number of rotatable bonds is 3. The Balaban J connectivity index is 2.08. The van der Waals surface area contributed by atoms with Gasteiger partial charge < -0.3 is 10.4 Å². The van der Waals surface area contributed by atoms with E-state index < -0.39 is 0 Å². The van der Waals surface area contributed by atoms with Crippen molar-refractivity contribution in [1.29, 1.82) is 0 Å². The third-order valence-electron chi connectivity index (χ3n) is 2.84. The highest BCUT2D eigenvalue weighted by Gasteiger charge is 2.21. The molecule has 2 rings (SSSR count). The SMILES string of the molecule is CC(O)CNC1CCc2cc(Cl)ccc21. The number of benzene rings is 1. The average molecular weight is 226 g/mol. The number of halogens is 1. The second kappa shape index (κ2) is 4.52. The molecule has 0 saturated carbocycles. The van der Waals surface area contributed by atoms with Gasteiger partial charge in [-0.05, 0) is 43.0 Å². The average Bonchev–Trinajstić information content (AvgIpc) is 2.57. The predicted molar refractivity (Wildman–Crippen MR) is 62.2 cm³/mol. The lowest BCUT2D eigenvalue weighted by atomic mass is 10.1. The van der Waals surface area contributed by atoms with E-state index in [1.165, 1.54) is 11.1 Å². The summed E-state index contributed by atoms with van der Waals surface area (Å²) >= 11 is 5.94. The summed E-state index contributed by atoms with van der Waals surface area (Å²) in [7, 11) is 0. The van der Waals surface area contributed by atoms with Gasteiger partial charge in [-0.3, -0.25) is 0 Å². The quantitative estimate of drug-likeness (QED) is 0.828. The number of nitrogens with one attached hydrogen (secondary N) is 1. The van der Waals surface area contributed by atoms with Crippen molar-refractivity contribution >= 4 is 11.6 Å². The van der Waals surface area contributed by atoms with E-state index in [0.717, 1.165) is 17.9 Å². The van der Waals surface area contributed by atoms with Gasteiger partial charge >= 0.3 is 0 Å². The maximum Gasteiger partial charge on any atom is 0.0636 e. The Labute approximate surface area is 95.3 Å². The Morgan fingerprint density at radius 1 is 1.60 bits per heavy atom. The molecule has 15 heavy (non-hydrogen) atoms. The third-order valence-corrected chi connectivity index (χ3v) is 3.08. The number of hydrogen-bond acceptors (Lipinski definition) is 2. The zero-order valence-electron chi connectivity index (χ0n) is 8.83. The molecular weight excluding hydrogens is 210 g/mol. The third kappa shape index (κ3) is 2.51. The van der Waals surface area contributed by atoms with E-state index in [1.54, 1.807) is 6.92 Å². The fourth-order valence-electron chi connectivity index (χ4n) is 2.11. The van der Waals surface area contributed by atoms with E-state index >= 15 is 0 Å². The molecule has 82 valence electrons. The molecule has 2 atom stereocenters. The largest absolute Gasteiger partial charge is 0.392 e. The van der Waals surface area contributed by atoms with Crippen LogP contribution in [0, 0.1) is 0 Å². The van der Waals surface area contributed by atoms with Crippen molar-refractivity contribution in [3.8, 4) is 0 Å². The van der Waals surface area contributed by atoms with Gasteiger partial charge in [-0.25, -0.2) is 0 Å². The lowest BCUT2D eigenvalue weighted by Crippen LogP contribution is -2.27. The first-order valence-corrected chi connectivity index (χ1v) is 5.74. The number of fused-ring (bicyclic) bond motifs is 1. The monoisotopic (exact) mass is 225 g/mol. The number of aliphatic hydroxyl groups is 1. The van der Waals surface area contributed by atoms with Crippen LogP contribution < -0.4 is 5.32 Å². The molecule has 3 heteroatoms. The maximum atomic E-state index is 9.22. The fraction of sp³-hybridized carbons (Fsp3) is 0.500. The lowest BCUT2D eigenvalue weighted by Gasteiger charge is -2.15. The smallest absolute Gasteiger partial charge is 0.0636 e. The molecule has 0 saturated heterocycles. The Hall–Kier alpha value is -0.570. The second-order valence-electron chi connectivity index (χ2n) is 4.19. The molecular formula is C12H16ClNO. The molecule has 0 amide bonds. The summed E-state index contributed by atoms with van der Waals surface area (Å²) < 4.78 is 0. The summed E-state index contributed by atoms with van der Waals surface area (Å²) in [5.74, 6) is 0. The highest BCUT2D eigenvalue weighted by Crippen LogP contribution is 2.32. The molecule has 0 fully saturated rings. The molecule has 0 radical (unpaired) electrons. The predicted octanol–water partition coefficient (Wildman–Crippen LogP) is 2.30. The van der Waals surface area contributed by atoms with Crippen molar-refractivity contribution in [2.24, 2.45) is 0 Å². The van der Waals surface area contributed by atoms with Crippen LogP contribution in [0.2, 0.25) is 5.02 Å². The molecule has 1 aromatic rings. The second-order valence-corrected chi connectivity index (χ2v) is 4.63. The molecule has 2 unspecified atom stereocenters. The summed E-state index contributed by atoms with van der Waals surface area (Å²) in [5.41, 5.74) is 2.67. The first-order valence-electron chi connectivity index (χ1n) is 5.36. The summed E-state index contributed by atoms with van der Waals surface area (Å²) in [4.78, 5) is 0. The summed E-state index contributed by atoms with van der Waals surface area (Å²) in [6.07, 6.45) is 1.89. The van der Waals surface area contributed by atoms with E-state index in [0.29, 0.717) is 12.6 Å². The van der Waals surface area contributed by atoms with E-state index in [2.05, 4.69) is 11.4 Å². The van der Waals surface area contributed by atoms with Crippen LogP contribution in [0.5, 0.6) is 0 Å². The van der Waals surface area contributed by atoms with Gasteiger partial charge in [-0.15, -0.1) is 0 Å². The van der Waals surface area contributed by atoms with Gasteiger partial charge in [0.1, 0.15) is 0 Å². The van der Waals surface area contributed by atoms with E-state index in [1.807, 2.05) is 12.1 Å². The number of aliphatic hydroxyl groups excluding tert-OH is 1. The Morgan fingerprint density at radius 3 is 3.13 bits per heavy atom. The van der Waals surface area contributed by atoms with Crippen LogP contribution in [0.1, 0.15) is 30.5 Å². The van der Waals surface area contributed by atoms with Gasteiger partial charge in [0.15, 0.2) is 0 Å². The van der Waals surface area contributed by atoms with Crippen molar-refractivity contribution < 1.29 is 5.11 Å². The highest BCUT2D eigenvalue weighted by atomic mass is 35.5. The van der Waals surface area contributed by atoms with Gasteiger partial charge in [0.25, 0.3) is 0 Å². The van der Waals surface area contributed by atoms with Crippen molar-refractivity contribution in [3.63, 3.8) is 0 Å². The number of aryl methyl sites for hydroxylation is 1. The zero-order chi connectivity index (χ0) is 10.8. The molecule has 0 heterocycles. The fourth-order valence-corrected chi connectivity index (χ4v) is 2.31. The van der Waals surface area contributed by atoms with Gasteiger partial charge in [-0.2, -0.15) is 0 Å². The van der Waals surface area contributed by atoms with Crippen LogP contribution in [-0.4, -0.2) is 17.8 Å². The van der Waals surface area contributed by atoms with Gasteiger partial charge in [-0.1, -0.05) is 17.7 Å². The van der Waals surface area contributed by atoms with Crippen LogP contribution >= 0.6 is 11.6 Å². The maximum absolute atomic E-state index is 9.22. The van der Waals surface area contributed by atoms with Crippen molar-refractivity contribution in [2.45, 2.75) is 31.9 Å². The first kappa shape index (κ1) is 10.9. The zero-order valence-corrected chi connectivity index (χ0v) is 9.59. The topological polar surface area (TPSA) is 32.3 Å². The van der Waals surface area contributed by atoms with Crippen molar-refractivity contribution in [2.75, 3.05) is 6.54 Å². The summed E-state index contributed by atoms with van der Waals surface area (Å²) in [6.45, 7) is 2.44. The minimum absolute atomic E-state index is 0.290. The van der Waals surface area contributed by atoms with E-state index in [9.17, 15) is 5.11 Å². The standard InChI is InChI=1S/C12H16ClNO/c1-8(15)7-14-12-5-2-9-6-10(13)3-4-11(9)12/h3-4,6,8,12,14-15H,2,5,7H2,1H3. The van der Waals surface area contributed by atoms with E-state index in [-0.39, 0.29) is 6.10 Å². The molecule has 0 bridgehead atoms. The molecule has 2 nitrogen and oxygen atoms in total. The van der Waals surface area contributed by atoms with Gasteiger partial charge in [0.2, 0.25) is 0 Å². The molecule has 0 spiro atoms. The molecule has 0 aliphatic heterocycles. The Kier molecular flexibility index (Phi) is 3.29. The normalized spacial score (nSPS) is 21.4. The van der Waals surface area contributed by atoms with Crippen molar-refractivity contribution in [1.82, 2.24) is 5.32 Å². The lowest BCUT2D eigenvalue weighted by molar-refractivity contribution is 0.186. The van der Waals surface area contributed by atoms with E-state index in [4.69, 9.17) is 11.6 Å².